The molecule has 3 rings (SSSR count). The van der Waals surface area contributed by atoms with Gasteiger partial charge in [-0.2, -0.15) is 5.10 Å². The Kier molecular flexibility index (Phi) is 2.95. The lowest BCUT2D eigenvalue weighted by molar-refractivity contribution is 0.611. The molecule has 0 atom stereocenters. The van der Waals surface area contributed by atoms with Crippen molar-refractivity contribution >= 4 is 10.9 Å². The van der Waals surface area contributed by atoms with E-state index in [-0.39, 0.29) is 5.82 Å². The van der Waals surface area contributed by atoms with Crippen molar-refractivity contribution in [1.82, 2.24) is 10.2 Å². The molecule has 1 aliphatic rings. The van der Waals surface area contributed by atoms with Crippen LogP contribution in [0.2, 0.25) is 0 Å². The Morgan fingerprint density at radius 2 is 2.06 bits per heavy atom. The van der Waals surface area contributed by atoms with E-state index in [1.807, 2.05) is 20.8 Å². The van der Waals surface area contributed by atoms with Crippen molar-refractivity contribution in [1.29, 1.82) is 0 Å². The van der Waals surface area contributed by atoms with Gasteiger partial charge in [0.1, 0.15) is 5.82 Å². The minimum Gasteiger partial charge on any atom is -0.278 e. The summed E-state index contributed by atoms with van der Waals surface area (Å²) >= 11 is 0. The predicted molar refractivity (Wildman–Crippen MR) is 64.1 cm³/mol. The molecule has 0 aliphatic heterocycles. The molecule has 0 spiro atoms. The first kappa shape index (κ1) is 11.1. The van der Waals surface area contributed by atoms with Crippen LogP contribution in [-0.2, 0) is 0 Å². The van der Waals surface area contributed by atoms with E-state index in [0.29, 0.717) is 5.92 Å². The van der Waals surface area contributed by atoms with Gasteiger partial charge >= 0.3 is 0 Å². The maximum absolute atomic E-state index is 13.7. The van der Waals surface area contributed by atoms with Crippen molar-refractivity contribution < 1.29 is 4.39 Å². The summed E-state index contributed by atoms with van der Waals surface area (Å²) in [4.78, 5) is 0. The highest BCUT2D eigenvalue weighted by Crippen LogP contribution is 2.44. The summed E-state index contributed by atoms with van der Waals surface area (Å²) < 4.78 is 13.7. The number of nitrogens with one attached hydrogen (secondary N) is 1. The molecule has 2 nitrogen and oxygen atoms in total. The van der Waals surface area contributed by atoms with E-state index in [2.05, 4.69) is 10.2 Å². The monoisotopic (exact) mass is 220 g/mol. The highest BCUT2D eigenvalue weighted by atomic mass is 19.1. The largest absolute Gasteiger partial charge is 0.278 e. The van der Waals surface area contributed by atoms with E-state index in [0.717, 1.165) is 34.9 Å². The lowest BCUT2D eigenvalue weighted by Crippen LogP contribution is -1.92. The summed E-state index contributed by atoms with van der Waals surface area (Å²) in [7, 11) is 0. The predicted octanol–water partition coefficient (Wildman–Crippen LogP) is 3.91. The molecule has 0 bridgehead atoms. The minimum atomic E-state index is -0.0817. The van der Waals surface area contributed by atoms with Gasteiger partial charge in [-0.05, 0) is 42.9 Å². The summed E-state index contributed by atoms with van der Waals surface area (Å²) in [6.45, 7) is 5.98. The Balaban J connectivity index is 0.000000457. The first-order chi connectivity index (χ1) is 7.77. The Bertz CT molecular complexity index is 498. The topological polar surface area (TPSA) is 28.7 Å². The molecule has 1 aliphatic carbocycles. The van der Waals surface area contributed by atoms with Crippen LogP contribution in [0.1, 0.15) is 43.7 Å². The summed E-state index contributed by atoms with van der Waals surface area (Å²) in [5.74, 6) is 0.371. The summed E-state index contributed by atoms with van der Waals surface area (Å²) in [5.41, 5.74) is 2.75. The number of H-pyrrole nitrogens is 1. The van der Waals surface area contributed by atoms with Crippen LogP contribution in [0.25, 0.3) is 10.9 Å². The number of rotatable bonds is 1. The Morgan fingerprint density at radius 1 is 1.38 bits per heavy atom. The van der Waals surface area contributed by atoms with E-state index >= 15 is 0 Å². The second-order valence-corrected chi connectivity index (χ2v) is 4.00. The Morgan fingerprint density at radius 3 is 2.69 bits per heavy atom. The highest BCUT2D eigenvalue weighted by molar-refractivity contribution is 5.83. The van der Waals surface area contributed by atoms with Crippen LogP contribution in [0, 0.1) is 12.7 Å². The van der Waals surface area contributed by atoms with Gasteiger partial charge in [0, 0.05) is 5.39 Å². The molecule has 0 amide bonds. The molecule has 1 aromatic carbocycles. The lowest BCUT2D eigenvalue weighted by Gasteiger charge is -2.06. The molecule has 1 N–H and O–H groups in total. The molecule has 2 aromatic rings. The third-order valence-corrected chi connectivity index (χ3v) is 2.99. The van der Waals surface area contributed by atoms with E-state index in [4.69, 9.17) is 0 Å². The zero-order valence-corrected chi connectivity index (χ0v) is 9.97. The SMILES string of the molecule is CC.Cc1c(C2CC2)c(F)cc2[nH]ncc12. The van der Waals surface area contributed by atoms with Crippen molar-refractivity contribution in [2.45, 2.75) is 39.5 Å². The van der Waals surface area contributed by atoms with E-state index in [9.17, 15) is 4.39 Å². The van der Waals surface area contributed by atoms with Crippen molar-refractivity contribution in [3.8, 4) is 0 Å². The fraction of sp³-hybridized carbons (Fsp3) is 0.462. The highest BCUT2D eigenvalue weighted by Gasteiger charge is 2.29. The van der Waals surface area contributed by atoms with E-state index in [1.165, 1.54) is 0 Å². The number of fused-ring (bicyclic) bond motifs is 1. The molecule has 3 heteroatoms. The van der Waals surface area contributed by atoms with Gasteiger partial charge in [-0.15, -0.1) is 0 Å². The quantitative estimate of drug-likeness (QED) is 0.775. The molecule has 16 heavy (non-hydrogen) atoms. The molecule has 1 fully saturated rings. The number of benzene rings is 1. The number of aromatic nitrogens is 2. The van der Waals surface area contributed by atoms with Crippen LogP contribution in [0.5, 0.6) is 0 Å². The molecule has 0 saturated heterocycles. The van der Waals surface area contributed by atoms with Gasteiger partial charge < -0.3 is 0 Å². The number of aromatic amines is 1. The van der Waals surface area contributed by atoms with Gasteiger partial charge in [0.25, 0.3) is 0 Å². The number of hydrogen-bond donors (Lipinski definition) is 1. The Hall–Kier alpha value is -1.38. The molecule has 1 aromatic heterocycles. The van der Waals surface area contributed by atoms with Crippen LogP contribution >= 0.6 is 0 Å². The van der Waals surface area contributed by atoms with Crippen molar-refractivity contribution in [3.63, 3.8) is 0 Å². The van der Waals surface area contributed by atoms with Crippen LogP contribution in [-0.4, -0.2) is 10.2 Å². The van der Waals surface area contributed by atoms with Gasteiger partial charge in [0.2, 0.25) is 0 Å². The molecule has 1 heterocycles. The number of nitrogens with zero attached hydrogens (tertiary/aromatic N) is 1. The first-order valence-electron chi connectivity index (χ1n) is 5.89. The first-order valence-corrected chi connectivity index (χ1v) is 5.89. The van der Waals surface area contributed by atoms with Gasteiger partial charge in [-0.3, -0.25) is 5.10 Å². The molecular weight excluding hydrogens is 203 g/mol. The van der Waals surface area contributed by atoms with Crippen molar-refractivity contribution in [3.05, 3.63) is 29.2 Å². The summed E-state index contributed by atoms with van der Waals surface area (Å²) in [6, 6.07) is 1.56. The van der Waals surface area contributed by atoms with Crippen LogP contribution < -0.4 is 0 Å². The fourth-order valence-electron chi connectivity index (χ4n) is 2.11. The summed E-state index contributed by atoms with van der Waals surface area (Å²) in [6.07, 6.45) is 4.03. The minimum absolute atomic E-state index is 0.0817. The molecule has 86 valence electrons. The fourth-order valence-corrected chi connectivity index (χ4v) is 2.11. The lowest BCUT2D eigenvalue weighted by atomic mass is 10.0. The maximum Gasteiger partial charge on any atom is 0.129 e. The van der Waals surface area contributed by atoms with E-state index in [1.54, 1.807) is 12.3 Å². The number of aryl methyl sites for hydroxylation is 1. The average molecular weight is 220 g/mol. The van der Waals surface area contributed by atoms with Gasteiger partial charge in [-0.25, -0.2) is 4.39 Å². The molecule has 0 radical (unpaired) electrons. The molecular formula is C13H17FN2. The zero-order chi connectivity index (χ0) is 11.7. The van der Waals surface area contributed by atoms with Gasteiger partial charge in [0.15, 0.2) is 0 Å². The Labute approximate surface area is 94.9 Å². The smallest absolute Gasteiger partial charge is 0.129 e. The van der Waals surface area contributed by atoms with Crippen LogP contribution in [0.4, 0.5) is 4.39 Å². The van der Waals surface area contributed by atoms with Crippen LogP contribution in [0.15, 0.2) is 12.3 Å². The second kappa shape index (κ2) is 4.24. The summed E-state index contributed by atoms with van der Waals surface area (Å²) in [5, 5.41) is 7.78. The number of halogens is 1. The van der Waals surface area contributed by atoms with Gasteiger partial charge in [-0.1, -0.05) is 13.8 Å². The third-order valence-electron chi connectivity index (χ3n) is 2.99. The molecule has 1 saturated carbocycles. The normalized spacial score (nSPS) is 14.8. The zero-order valence-electron chi connectivity index (χ0n) is 9.97. The van der Waals surface area contributed by atoms with Crippen LogP contribution in [0.3, 0.4) is 0 Å². The average Bonchev–Trinajstić information content (AvgIpc) is 3.00. The second-order valence-electron chi connectivity index (χ2n) is 4.00. The maximum atomic E-state index is 13.7. The molecule has 0 unspecified atom stereocenters. The van der Waals surface area contributed by atoms with Crippen molar-refractivity contribution in [2.75, 3.05) is 0 Å². The van der Waals surface area contributed by atoms with Gasteiger partial charge in [0.05, 0.1) is 11.7 Å². The van der Waals surface area contributed by atoms with E-state index < -0.39 is 0 Å². The van der Waals surface area contributed by atoms with Crippen molar-refractivity contribution in [2.24, 2.45) is 0 Å². The standard InChI is InChI=1S/C11H11FN2.C2H6/c1-6-8-5-13-14-10(8)4-9(12)11(6)7-2-3-7;1-2/h4-5,7H,2-3H2,1H3,(H,13,14);1-2H3. The number of hydrogen-bond acceptors (Lipinski definition) is 1. The third kappa shape index (κ3) is 1.70.